The average molecular weight is 416 g/mol. The molecule has 1 aromatic heterocycles. The van der Waals surface area contributed by atoms with Crippen molar-refractivity contribution in [2.75, 3.05) is 19.6 Å². The molecular formula is C18H21Cl3N4O. The van der Waals surface area contributed by atoms with E-state index in [9.17, 15) is 4.79 Å². The monoisotopic (exact) mass is 414 g/mol. The molecule has 0 saturated carbocycles. The molecule has 0 bridgehead atoms. The average Bonchev–Trinajstić information content (AvgIpc) is 3.11. The molecular weight excluding hydrogens is 395 g/mol. The van der Waals surface area contributed by atoms with Gasteiger partial charge in [-0.25, -0.2) is 0 Å². The second-order valence-corrected chi connectivity index (χ2v) is 7.53. The fraction of sp³-hybridized carbons (Fsp3) is 0.444. The van der Waals surface area contributed by atoms with Crippen LogP contribution >= 0.6 is 35.6 Å². The van der Waals surface area contributed by atoms with Crippen molar-refractivity contribution in [3.8, 4) is 0 Å². The molecule has 1 N–H and O–H groups in total. The maximum atomic E-state index is 12.8. The Balaban J connectivity index is 0.00000196. The fourth-order valence-corrected chi connectivity index (χ4v) is 4.23. The van der Waals surface area contributed by atoms with Crippen LogP contribution in [0.25, 0.3) is 0 Å². The summed E-state index contributed by atoms with van der Waals surface area (Å²) in [5.74, 6) is -0.0424. The van der Waals surface area contributed by atoms with Gasteiger partial charge in [0.25, 0.3) is 5.91 Å². The largest absolute Gasteiger partial charge is 0.333 e. The van der Waals surface area contributed by atoms with Crippen LogP contribution in [0.2, 0.25) is 10.0 Å². The zero-order chi connectivity index (χ0) is 17.4. The molecule has 2 aromatic rings. The molecule has 1 unspecified atom stereocenters. The third-order valence-corrected chi connectivity index (χ3v) is 5.57. The molecule has 1 amide bonds. The maximum absolute atomic E-state index is 12.8. The summed E-state index contributed by atoms with van der Waals surface area (Å²) in [6.45, 7) is 3.12. The fourth-order valence-electron chi connectivity index (χ4n) is 3.63. The van der Waals surface area contributed by atoms with Crippen molar-refractivity contribution in [3.63, 3.8) is 0 Å². The van der Waals surface area contributed by atoms with Crippen molar-refractivity contribution in [2.24, 2.45) is 0 Å². The van der Waals surface area contributed by atoms with Crippen molar-refractivity contribution in [3.05, 3.63) is 51.3 Å². The van der Waals surface area contributed by atoms with E-state index in [4.69, 9.17) is 23.2 Å². The number of hydrogen-bond acceptors (Lipinski definition) is 3. The molecule has 2 aliphatic rings. The lowest BCUT2D eigenvalue weighted by Gasteiger charge is -2.29. The van der Waals surface area contributed by atoms with Crippen LogP contribution in [-0.2, 0) is 13.0 Å². The first kappa shape index (κ1) is 19.5. The minimum absolute atomic E-state index is 0. The van der Waals surface area contributed by atoms with Crippen molar-refractivity contribution in [2.45, 2.75) is 31.8 Å². The Morgan fingerprint density at radius 1 is 1.31 bits per heavy atom. The number of piperidine rings is 1. The van der Waals surface area contributed by atoms with E-state index in [0.29, 0.717) is 34.9 Å². The third-order valence-electron chi connectivity index (χ3n) is 5.01. The molecule has 3 heterocycles. The van der Waals surface area contributed by atoms with E-state index in [1.54, 1.807) is 6.07 Å². The van der Waals surface area contributed by atoms with Crippen LogP contribution in [0.4, 0.5) is 0 Å². The van der Waals surface area contributed by atoms with E-state index in [2.05, 4.69) is 10.4 Å². The highest BCUT2D eigenvalue weighted by atomic mass is 35.5. The van der Waals surface area contributed by atoms with E-state index in [1.165, 1.54) is 0 Å². The Kier molecular flexibility index (Phi) is 6.13. The first-order valence-electron chi connectivity index (χ1n) is 8.64. The smallest absolute Gasteiger partial charge is 0.274 e. The van der Waals surface area contributed by atoms with Crippen molar-refractivity contribution >= 4 is 41.5 Å². The number of benzene rings is 1. The molecule has 1 atom stereocenters. The van der Waals surface area contributed by atoms with E-state index in [1.807, 2.05) is 27.9 Å². The first-order chi connectivity index (χ1) is 12.1. The van der Waals surface area contributed by atoms with Gasteiger partial charge in [-0.3, -0.25) is 9.48 Å². The van der Waals surface area contributed by atoms with Gasteiger partial charge in [-0.1, -0.05) is 23.2 Å². The number of carbonyl (C=O) groups excluding carboxylic acids is 1. The maximum Gasteiger partial charge on any atom is 0.274 e. The number of amides is 1. The number of hydrogen-bond donors (Lipinski definition) is 1. The number of nitrogens with one attached hydrogen (secondary N) is 1. The highest BCUT2D eigenvalue weighted by Crippen LogP contribution is 2.30. The van der Waals surface area contributed by atoms with Gasteiger partial charge in [0.1, 0.15) is 5.69 Å². The molecule has 1 fully saturated rings. The number of nitrogens with zero attached hydrogens (tertiary/aromatic N) is 3. The highest BCUT2D eigenvalue weighted by Gasteiger charge is 2.26. The third kappa shape index (κ3) is 3.86. The van der Waals surface area contributed by atoms with Crippen LogP contribution in [0.15, 0.2) is 24.4 Å². The number of rotatable bonds is 2. The Bertz CT molecular complexity index is 802. The van der Waals surface area contributed by atoms with Crippen LogP contribution in [0.1, 0.15) is 40.5 Å². The van der Waals surface area contributed by atoms with Gasteiger partial charge < -0.3 is 10.2 Å². The normalized spacial score (nSPS) is 19.6. The van der Waals surface area contributed by atoms with Crippen LogP contribution in [-0.4, -0.2) is 40.2 Å². The van der Waals surface area contributed by atoms with Crippen molar-refractivity contribution in [1.29, 1.82) is 0 Å². The zero-order valence-electron chi connectivity index (χ0n) is 14.3. The lowest BCUT2D eigenvalue weighted by molar-refractivity contribution is 0.0727. The van der Waals surface area contributed by atoms with Gasteiger partial charge >= 0.3 is 0 Å². The number of fused-ring (bicyclic) bond motifs is 1. The van der Waals surface area contributed by atoms with Gasteiger partial charge in [0, 0.05) is 35.9 Å². The summed E-state index contributed by atoms with van der Waals surface area (Å²) in [6.07, 6.45) is 4.90. The van der Waals surface area contributed by atoms with E-state index >= 15 is 0 Å². The van der Waals surface area contributed by atoms with Crippen LogP contribution in [0.5, 0.6) is 0 Å². The van der Waals surface area contributed by atoms with Crippen molar-refractivity contribution in [1.82, 2.24) is 20.0 Å². The molecule has 2 aliphatic heterocycles. The molecule has 0 radical (unpaired) electrons. The summed E-state index contributed by atoms with van der Waals surface area (Å²) in [7, 11) is 0. The van der Waals surface area contributed by atoms with E-state index < -0.39 is 0 Å². The molecule has 5 nitrogen and oxygen atoms in total. The van der Waals surface area contributed by atoms with Gasteiger partial charge in [-0.15, -0.1) is 12.4 Å². The Morgan fingerprint density at radius 3 is 2.92 bits per heavy atom. The predicted molar refractivity (Wildman–Crippen MR) is 106 cm³/mol. The molecule has 1 aromatic carbocycles. The molecule has 4 rings (SSSR count). The van der Waals surface area contributed by atoms with Crippen LogP contribution in [0, 0.1) is 0 Å². The number of carbonyl (C=O) groups is 1. The second kappa shape index (κ2) is 8.17. The Labute approximate surface area is 169 Å². The summed E-state index contributed by atoms with van der Waals surface area (Å²) in [6, 6.07) is 5.82. The second-order valence-electron chi connectivity index (χ2n) is 6.68. The van der Waals surface area contributed by atoms with Crippen LogP contribution in [0.3, 0.4) is 0 Å². The Hall–Kier alpha value is -1.27. The summed E-state index contributed by atoms with van der Waals surface area (Å²) >= 11 is 12.4. The lowest BCUT2D eigenvalue weighted by Crippen LogP contribution is -2.36. The number of halogens is 3. The first-order valence-corrected chi connectivity index (χ1v) is 9.39. The topological polar surface area (TPSA) is 50.2 Å². The summed E-state index contributed by atoms with van der Waals surface area (Å²) < 4.78 is 1.92. The molecule has 26 heavy (non-hydrogen) atoms. The quantitative estimate of drug-likeness (QED) is 0.813. The lowest BCUT2D eigenvalue weighted by atomic mass is 9.99. The number of aromatic nitrogens is 2. The predicted octanol–water partition coefficient (Wildman–Crippen LogP) is 3.73. The summed E-state index contributed by atoms with van der Waals surface area (Å²) in [4.78, 5) is 14.7. The van der Waals surface area contributed by atoms with Gasteiger partial charge in [-0.2, -0.15) is 5.10 Å². The van der Waals surface area contributed by atoms with E-state index in [-0.39, 0.29) is 18.3 Å². The van der Waals surface area contributed by atoms with Gasteiger partial charge in [0.05, 0.1) is 6.04 Å². The van der Waals surface area contributed by atoms with Crippen molar-refractivity contribution < 1.29 is 4.79 Å². The van der Waals surface area contributed by atoms with Gasteiger partial charge in [0.15, 0.2) is 0 Å². The molecule has 0 spiro atoms. The van der Waals surface area contributed by atoms with Gasteiger partial charge in [-0.05, 0) is 55.1 Å². The zero-order valence-corrected chi connectivity index (χ0v) is 16.6. The summed E-state index contributed by atoms with van der Waals surface area (Å²) in [5.41, 5.74) is 2.61. The van der Waals surface area contributed by atoms with E-state index in [0.717, 1.165) is 43.5 Å². The minimum Gasteiger partial charge on any atom is -0.333 e. The Morgan fingerprint density at radius 2 is 2.15 bits per heavy atom. The summed E-state index contributed by atoms with van der Waals surface area (Å²) in [5, 5.41) is 9.17. The molecule has 8 heteroatoms. The SMILES string of the molecule is Cl.O=C(c1ccn(C2CCCNC2)n1)N1CCc2cc(Cl)cc(Cl)c2C1. The van der Waals surface area contributed by atoms with Gasteiger partial charge in [0.2, 0.25) is 0 Å². The van der Waals surface area contributed by atoms with Crippen LogP contribution < -0.4 is 5.32 Å². The minimum atomic E-state index is -0.0424. The molecule has 0 aliphatic carbocycles. The molecule has 1 saturated heterocycles. The molecule has 140 valence electrons. The highest BCUT2D eigenvalue weighted by molar-refractivity contribution is 6.35. The standard InChI is InChI=1S/C18H20Cl2N4O.ClH/c19-13-8-12-3-6-23(11-15(12)16(20)9-13)18(25)17-4-7-24(22-17)14-2-1-5-21-10-14;/h4,7-9,14,21H,1-3,5-6,10-11H2;1H.